The number of hydrogen-bond donors (Lipinski definition) is 4. The Bertz CT molecular complexity index is 1280. The van der Waals surface area contributed by atoms with E-state index in [4.69, 9.17) is 0 Å². The minimum atomic E-state index is -1.17. The summed E-state index contributed by atoms with van der Waals surface area (Å²) in [6.45, 7) is 0. The molecule has 6 heterocycles. The molecule has 20 nitrogen and oxygen atoms in total. The summed E-state index contributed by atoms with van der Waals surface area (Å²) in [6.07, 6.45) is 19.4. The van der Waals surface area contributed by atoms with Crippen LogP contribution < -0.4 is 10.2 Å². The molecule has 0 unspecified atom stereocenters. The smallest absolute Gasteiger partial charge is 0.545 e. The summed E-state index contributed by atoms with van der Waals surface area (Å²) >= 11 is 0. The largest absolute Gasteiger partial charge is 2.00 e. The van der Waals surface area contributed by atoms with Crippen LogP contribution in [0, 0.1) is 0 Å². The van der Waals surface area contributed by atoms with Crippen LogP contribution in [0.3, 0.4) is 0 Å². The van der Waals surface area contributed by atoms with Gasteiger partial charge in [0.05, 0.1) is 11.9 Å². The molecule has 45 heavy (non-hydrogen) atoms. The molecule has 0 aliphatic heterocycles. The molecule has 0 spiro atoms. The van der Waals surface area contributed by atoms with E-state index in [1.807, 2.05) is 0 Å². The van der Waals surface area contributed by atoms with Crippen LogP contribution in [0.2, 0.25) is 0 Å². The number of H-pyrrole nitrogens is 4. The fourth-order valence-electron chi connectivity index (χ4n) is 2.56. The van der Waals surface area contributed by atoms with Crippen LogP contribution in [0.5, 0.6) is 0 Å². The third kappa shape index (κ3) is 17.2. The minimum Gasteiger partial charge on any atom is -0.545 e. The van der Waals surface area contributed by atoms with E-state index in [1.165, 1.54) is 49.1 Å². The molecule has 0 bridgehead atoms. The van der Waals surface area contributed by atoms with Gasteiger partial charge < -0.3 is 72.6 Å². The van der Waals surface area contributed by atoms with Crippen molar-refractivity contribution >= 4 is 11.9 Å². The van der Waals surface area contributed by atoms with Gasteiger partial charge in [0.15, 0.2) is 23.3 Å². The Morgan fingerprint density at radius 2 is 0.689 bits per heavy atom. The van der Waals surface area contributed by atoms with Gasteiger partial charge in [-0.2, -0.15) is 0 Å². The number of carboxylic acids is 2. The van der Waals surface area contributed by atoms with Crippen molar-refractivity contribution in [1.82, 2.24) is 49.8 Å². The second-order valence-electron chi connectivity index (χ2n) is 6.80. The van der Waals surface area contributed by atoms with Crippen molar-refractivity contribution in [2.45, 2.75) is 0 Å². The number of hydrogen-bond acceptors (Lipinski definition) is 10. The van der Waals surface area contributed by atoms with Gasteiger partial charge in [-0.1, -0.05) is 0 Å². The number of nitrogens with zero attached hydrogens (tertiary/aromatic N) is 6. The fraction of sp³-hybridized carbons (Fsp3) is 0. The van der Waals surface area contributed by atoms with Crippen LogP contribution in [-0.2, 0) is 27.7 Å². The average molecular weight is 682 g/mol. The molecule has 1 radical (unpaired) electrons. The Morgan fingerprint density at radius 3 is 0.822 bits per heavy atom. The second-order valence-corrected chi connectivity index (χ2v) is 6.80. The van der Waals surface area contributed by atoms with Gasteiger partial charge in [0.1, 0.15) is 0 Å². The van der Waals surface area contributed by atoms with Gasteiger partial charge in [-0.05, 0) is 24.3 Å². The predicted octanol–water partition coefficient (Wildman–Crippen LogP) is -4.66. The molecule has 0 atom stereocenters. The first-order chi connectivity index (χ1) is 18.5. The molecule has 6 aromatic rings. The number of imidazole rings is 4. The van der Waals surface area contributed by atoms with E-state index in [9.17, 15) is 19.8 Å². The second kappa shape index (κ2) is 27.2. The van der Waals surface area contributed by atoms with Gasteiger partial charge in [-0.15, -0.1) is 0 Å². The number of carboxylic acid groups (broad SMARTS) is 2. The first-order valence-corrected chi connectivity index (χ1v) is 10.8. The van der Waals surface area contributed by atoms with Gasteiger partial charge in [0.2, 0.25) is 0 Å². The molecule has 0 fully saturated rings. The summed E-state index contributed by atoms with van der Waals surface area (Å²) in [4.78, 5) is 55.2. The summed E-state index contributed by atoms with van der Waals surface area (Å²) in [5.74, 6) is 0.736. The minimum absolute atomic E-state index is 0. The van der Waals surface area contributed by atoms with E-state index in [1.54, 1.807) is 49.6 Å². The third-order valence-electron chi connectivity index (χ3n) is 4.27. The molecular weight excluding hydrogens is 647 g/mol. The number of nitrogens with one attached hydrogen (secondary N) is 4. The van der Waals surface area contributed by atoms with Crippen LogP contribution in [-0.4, -0.2) is 83.7 Å². The summed E-state index contributed by atoms with van der Waals surface area (Å²) in [7, 11) is 0. The van der Waals surface area contributed by atoms with Crippen molar-refractivity contribution in [2.75, 3.05) is 0 Å². The quantitative estimate of drug-likeness (QED) is 0.129. The van der Waals surface area contributed by atoms with Crippen molar-refractivity contribution < 1.29 is 69.4 Å². The SMILES string of the molecule is O.O.O.O.O=C([O-])c1ccncc1.O=C([O-])c1ccncc1.[Co+2].[OH3+].[OH3+].c1c[nH]c(-c2ncc[nH]2)n1.c1c[nH]c(-c2ncc[nH]2)n1. The summed E-state index contributed by atoms with van der Waals surface area (Å²) in [5, 5.41) is 20.1. The number of carbonyl (C=O) groups excluding carboxylic acids is 2. The van der Waals surface area contributed by atoms with Crippen molar-refractivity contribution in [3.05, 3.63) is 110 Å². The molecule has 0 amide bonds. The number of aromatic carboxylic acids is 2. The zero-order valence-corrected chi connectivity index (χ0v) is 24.1. The molecule has 0 aromatic carbocycles. The number of aromatic nitrogens is 10. The van der Waals surface area contributed by atoms with Gasteiger partial charge in [0.25, 0.3) is 0 Å². The Morgan fingerprint density at radius 1 is 0.467 bits per heavy atom. The van der Waals surface area contributed by atoms with Gasteiger partial charge in [-0.25, -0.2) is 19.9 Å². The Balaban J connectivity index is -0.000000150. The zero-order valence-electron chi connectivity index (χ0n) is 23.0. The van der Waals surface area contributed by atoms with Gasteiger partial charge >= 0.3 is 16.8 Å². The normalized spacial score (nSPS) is 8.00. The van der Waals surface area contributed by atoms with Crippen molar-refractivity contribution in [3.63, 3.8) is 0 Å². The first-order valence-electron chi connectivity index (χ1n) is 10.8. The van der Waals surface area contributed by atoms with Crippen LogP contribution in [0.1, 0.15) is 20.7 Å². The number of rotatable bonds is 4. The molecule has 6 rings (SSSR count). The molecule has 0 saturated heterocycles. The zero-order chi connectivity index (χ0) is 27.0. The van der Waals surface area contributed by atoms with Crippen LogP contribution in [0.25, 0.3) is 23.3 Å². The van der Waals surface area contributed by atoms with Crippen LogP contribution >= 0.6 is 0 Å². The molecule has 0 aliphatic rings. The topological polar surface area (TPSA) is 413 Å². The number of carbonyl (C=O) groups is 2. The molecule has 21 heteroatoms. The predicted molar refractivity (Wildman–Crippen MR) is 154 cm³/mol. The van der Waals surface area contributed by atoms with Gasteiger partial charge in [-0.3, -0.25) is 9.97 Å². The summed E-state index contributed by atoms with van der Waals surface area (Å²) in [6, 6.07) is 5.54. The molecular formula is C24H34CoN10O10+2. The van der Waals surface area contributed by atoms with Crippen molar-refractivity contribution in [1.29, 1.82) is 0 Å². The Hall–Kier alpha value is -5.65. The maximum atomic E-state index is 10.1. The van der Waals surface area contributed by atoms with Crippen molar-refractivity contribution in [3.8, 4) is 23.3 Å². The van der Waals surface area contributed by atoms with Crippen LogP contribution in [0.15, 0.2) is 98.6 Å². The van der Waals surface area contributed by atoms with Gasteiger partial charge in [0, 0.05) is 85.5 Å². The monoisotopic (exact) mass is 681 g/mol. The molecule has 0 aliphatic carbocycles. The Kier molecular flexibility index (Phi) is 29.6. The molecule has 247 valence electrons. The van der Waals surface area contributed by atoms with E-state index in [0.717, 1.165) is 23.3 Å². The maximum absolute atomic E-state index is 10.1. The van der Waals surface area contributed by atoms with Crippen LogP contribution in [0.4, 0.5) is 0 Å². The Labute approximate surface area is 264 Å². The van der Waals surface area contributed by atoms with E-state index < -0.39 is 11.9 Å². The standard InChI is InChI=1S/2C6H6N4.2C6H5NO2.Co.6H2O/c2*1-2-8-5(7-1)6-9-3-4-10-6;2*8-6(9)5-1-3-7-4-2-5;;;;;;;/h2*1-4H,(H,7,8)(H,9,10);2*1-4H,(H,8,9);;6*1H2/q;;;;+2;;;;;;. The van der Waals surface area contributed by atoms with E-state index in [0.29, 0.717) is 0 Å². The van der Waals surface area contributed by atoms with Crippen molar-refractivity contribution in [2.24, 2.45) is 0 Å². The van der Waals surface area contributed by atoms with E-state index >= 15 is 0 Å². The maximum Gasteiger partial charge on any atom is 2.00 e. The summed E-state index contributed by atoms with van der Waals surface area (Å²) in [5.41, 5.74) is 0.315. The molecule has 0 saturated carbocycles. The van der Waals surface area contributed by atoms with E-state index in [-0.39, 0.29) is 60.8 Å². The number of pyridine rings is 2. The average Bonchev–Trinajstić information content (AvgIpc) is 3.78. The summed E-state index contributed by atoms with van der Waals surface area (Å²) < 4.78 is 0. The molecule has 6 aromatic heterocycles. The van der Waals surface area contributed by atoms with E-state index in [2.05, 4.69) is 49.8 Å². The number of aromatic amines is 4. The fourth-order valence-corrected chi connectivity index (χ4v) is 2.56. The third-order valence-corrected chi connectivity index (χ3v) is 4.27. The molecule has 18 N–H and O–H groups in total. The first kappa shape index (κ1) is 49.0.